The van der Waals surface area contributed by atoms with Crippen LogP contribution in [0.4, 0.5) is 19.0 Å². The van der Waals surface area contributed by atoms with Gasteiger partial charge in [0, 0.05) is 61.1 Å². The lowest BCUT2D eigenvalue weighted by Gasteiger charge is -2.32. The molecular formula is C29H30ClF3N4O3. The summed E-state index contributed by atoms with van der Waals surface area (Å²) in [6.07, 6.45) is -1.18. The number of halogens is 4. The molecule has 2 saturated heterocycles. The van der Waals surface area contributed by atoms with Crippen LogP contribution in [0.25, 0.3) is 11.1 Å². The molecule has 40 heavy (non-hydrogen) atoms. The van der Waals surface area contributed by atoms with Gasteiger partial charge in [-0.1, -0.05) is 29.8 Å². The average Bonchev–Trinajstić information content (AvgIpc) is 2.95. The molecule has 0 radical (unpaired) electrons. The number of hydrogen-bond acceptors (Lipinski definition) is 6. The number of hydrogen-bond donors (Lipinski definition) is 1. The van der Waals surface area contributed by atoms with Crippen LogP contribution in [-0.4, -0.2) is 67.6 Å². The van der Waals surface area contributed by atoms with Gasteiger partial charge in [-0.25, -0.2) is 4.98 Å². The number of carbonyl (C=O) groups excluding carboxylic acids is 1. The predicted octanol–water partition coefficient (Wildman–Crippen LogP) is 5.53. The molecule has 7 nitrogen and oxygen atoms in total. The summed E-state index contributed by atoms with van der Waals surface area (Å²) in [4.78, 5) is 22.2. The Balaban J connectivity index is 1.13. The number of anilines is 1. The maximum absolute atomic E-state index is 13.0. The van der Waals surface area contributed by atoms with Crippen molar-refractivity contribution in [2.75, 3.05) is 44.3 Å². The SMILES string of the molecule is O=C(NC1CCN(Cc2ccc(N3CCOCC3)nc2)CC1)c1ccc(Cl)c(-c2ccc(OC(F)(F)F)cc2)c1. The minimum absolute atomic E-state index is 0.0449. The molecule has 3 heterocycles. The van der Waals surface area contributed by atoms with Crippen molar-refractivity contribution in [2.24, 2.45) is 0 Å². The van der Waals surface area contributed by atoms with Crippen molar-refractivity contribution in [1.29, 1.82) is 0 Å². The van der Waals surface area contributed by atoms with Crippen molar-refractivity contribution < 1.29 is 27.4 Å². The first-order valence-corrected chi connectivity index (χ1v) is 13.6. The summed E-state index contributed by atoms with van der Waals surface area (Å²) in [6.45, 7) is 5.69. The number of nitrogens with zero attached hydrogens (tertiary/aromatic N) is 3. The van der Waals surface area contributed by atoms with Crippen molar-refractivity contribution >= 4 is 23.3 Å². The fourth-order valence-electron chi connectivity index (χ4n) is 4.98. The Morgan fingerprint density at radius 1 is 1.02 bits per heavy atom. The number of pyridine rings is 1. The van der Waals surface area contributed by atoms with Gasteiger partial charge in [0.15, 0.2) is 0 Å². The average molecular weight is 575 g/mol. The number of carbonyl (C=O) groups is 1. The summed E-state index contributed by atoms with van der Waals surface area (Å²) in [5.41, 5.74) is 2.72. The van der Waals surface area contributed by atoms with E-state index in [2.05, 4.69) is 37.0 Å². The smallest absolute Gasteiger partial charge is 0.406 e. The molecule has 0 atom stereocenters. The second-order valence-corrected chi connectivity index (χ2v) is 10.3. The van der Waals surface area contributed by atoms with Crippen LogP contribution in [0, 0.1) is 0 Å². The van der Waals surface area contributed by atoms with Crippen LogP contribution in [0.15, 0.2) is 60.8 Å². The van der Waals surface area contributed by atoms with E-state index in [4.69, 9.17) is 16.3 Å². The molecule has 1 amide bonds. The van der Waals surface area contributed by atoms with E-state index in [0.717, 1.165) is 70.2 Å². The molecule has 1 aromatic heterocycles. The van der Waals surface area contributed by atoms with Gasteiger partial charge >= 0.3 is 6.36 Å². The second kappa shape index (κ2) is 12.4. The van der Waals surface area contributed by atoms with Crippen LogP contribution in [0.5, 0.6) is 5.75 Å². The van der Waals surface area contributed by atoms with Gasteiger partial charge in [0.2, 0.25) is 0 Å². The summed E-state index contributed by atoms with van der Waals surface area (Å²) < 4.78 is 46.7. The number of aromatic nitrogens is 1. The van der Waals surface area contributed by atoms with Gasteiger partial charge in [0.25, 0.3) is 5.91 Å². The zero-order chi connectivity index (χ0) is 28.1. The molecular weight excluding hydrogens is 545 g/mol. The van der Waals surface area contributed by atoms with Crippen LogP contribution >= 0.6 is 11.6 Å². The Morgan fingerprint density at radius 2 is 1.75 bits per heavy atom. The van der Waals surface area contributed by atoms with E-state index in [9.17, 15) is 18.0 Å². The molecule has 2 aliphatic rings. The molecule has 212 valence electrons. The van der Waals surface area contributed by atoms with Crippen LogP contribution in [0.1, 0.15) is 28.8 Å². The van der Waals surface area contributed by atoms with Crippen molar-refractivity contribution in [3.8, 4) is 16.9 Å². The van der Waals surface area contributed by atoms with Gasteiger partial charge in [0.1, 0.15) is 11.6 Å². The summed E-state index contributed by atoms with van der Waals surface area (Å²) in [7, 11) is 0. The molecule has 0 bridgehead atoms. The third kappa shape index (κ3) is 7.44. The Bertz CT molecular complexity index is 1290. The predicted molar refractivity (Wildman–Crippen MR) is 147 cm³/mol. The van der Waals surface area contributed by atoms with Gasteiger partial charge in [-0.15, -0.1) is 13.2 Å². The number of ether oxygens (including phenoxy) is 2. The number of morpholine rings is 1. The highest BCUT2D eigenvalue weighted by molar-refractivity contribution is 6.33. The molecule has 0 saturated carbocycles. The molecule has 0 spiro atoms. The summed E-state index contributed by atoms with van der Waals surface area (Å²) in [5.74, 6) is 0.441. The number of likely N-dealkylation sites (tertiary alicyclic amines) is 1. The van der Waals surface area contributed by atoms with E-state index >= 15 is 0 Å². The zero-order valence-corrected chi connectivity index (χ0v) is 22.5. The Kier molecular flexibility index (Phi) is 8.78. The van der Waals surface area contributed by atoms with E-state index < -0.39 is 6.36 Å². The first-order valence-electron chi connectivity index (χ1n) is 13.2. The normalized spacial score (nSPS) is 17.1. The molecule has 11 heteroatoms. The molecule has 0 unspecified atom stereocenters. The standard InChI is InChI=1S/C29H30ClF3N4O3/c30-26-7-4-22(17-25(26)21-2-5-24(6-3-21)40-29(31,32)33)28(38)35-23-9-11-36(12-10-23)19-20-1-8-27(34-18-20)37-13-15-39-16-14-37/h1-8,17-18,23H,9-16,19H2,(H,35,38). The molecule has 2 aliphatic heterocycles. The molecule has 5 rings (SSSR count). The fraction of sp³-hybridized carbons (Fsp3) is 0.379. The molecule has 2 fully saturated rings. The number of benzene rings is 2. The number of nitrogens with one attached hydrogen (secondary N) is 1. The van der Waals surface area contributed by atoms with E-state index in [1.165, 1.54) is 24.3 Å². The molecule has 1 N–H and O–H groups in total. The number of alkyl halides is 3. The number of rotatable bonds is 7. The van der Waals surface area contributed by atoms with Crippen molar-refractivity contribution in [2.45, 2.75) is 31.8 Å². The van der Waals surface area contributed by atoms with Gasteiger partial charge in [-0.05, 0) is 60.4 Å². The van der Waals surface area contributed by atoms with Crippen LogP contribution in [0.2, 0.25) is 5.02 Å². The third-order valence-corrected chi connectivity index (χ3v) is 7.43. The fourth-order valence-corrected chi connectivity index (χ4v) is 5.20. The number of piperidine rings is 1. The van der Waals surface area contributed by atoms with Crippen LogP contribution < -0.4 is 15.0 Å². The van der Waals surface area contributed by atoms with Crippen molar-refractivity contribution in [1.82, 2.24) is 15.2 Å². The number of amides is 1. The first kappa shape index (κ1) is 28.2. The van der Waals surface area contributed by atoms with E-state index in [-0.39, 0.29) is 17.7 Å². The van der Waals surface area contributed by atoms with Crippen LogP contribution in [-0.2, 0) is 11.3 Å². The van der Waals surface area contributed by atoms with Gasteiger partial charge in [0.05, 0.1) is 13.2 Å². The summed E-state index contributed by atoms with van der Waals surface area (Å²) in [5, 5.41) is 3.51. The van der Waals surface area contributed by atoms with E-state index in [1.54, 1.807) is 18.2 Å². The summed E-state index contributed by atoms with van der Waals surface area (Å²) >= 11 is 6.34. The zero-order valence-electron chi connectivity index (χ0n) is 21.8. The largest absolute Gasteiger partial charge is 0.573 e. The Labute approximate surface area is 235 Å². The minimum atomic E-state index is -4.76. The minimum Gasteiger partial charge on any atom is -0.406 e. The molecule has 2 aromatic carbocycles. The lowest BCUT2D eigenvalue weighted by atomic mass is 10.0. The van der Waals surface area contributed by atoms with E-state index in [0.29, 0.717) is 21.7 Å². The highest BCUT2D eigenvalue weighted by atomic mass is 35.5. The highest BCUT2D eigenvalue weighted by Crippen LogP contribution is 2.31. The lowest BCUT2D eigenvalue weighted by molar-refractivity contribution is -0.274. The monoisotopic (exact) mass is 574 g/mol. The topological polar surface area (TPSA) is 66.9 Å². The lowest BCUT2D eigenvalue weighted by Crippen LogP contribution is -2.44. The molecule has 3 aromatic rings. The maximum atomic E-state index is 13.0. The molecule has 0 aliphatic carbocycles. The van der Waals surface area contributed by atoms with Gasteiger partial charge in [-0.3, -0.25) is 9.69 Å². The van der Waals surface area contributed by atoms with Crippen molar-refractivity contribution in [3.63, 3.8) is 0 Å². The Hall–Kier alpha value is -3.34. The second-order valence-electron chi connectivity index (χ2n) is 9.91. The Morgan fingerprint density at radius 3 is 2.40 bits per heavy atom. The highest BCUT2D eigenvalue weighted by Gasteiger charge is 2.31. The van der Waals surface area contributed by atoms with Crippen molar-refractivity contribution in [3.05, 3.63) is 76.9 Å². The quantitative estimate of drug-likeness (QED) is 0.400. The maximum Gasteiger partial charge on any atom is 0.573 e. The first-order chi connectivity index (χ1) is 19.2. The summed E-state index contributed by atoms with van der Waals surface area (Å²) in [6, 6.07) is 14.5. The third-order valence-electron chi connectivity index (χ3n) is 7.10. The van der Waals surface area contributed by atoms with Gasteiger partial charge in [-0.2, -0.15) is 0 Å². The van der Waals surface area contributed by atoms with E-state index in [1.807, 2.05) is 6.20 Å². The van der Waals surface area contributed by atoms with Gasteiger partial charge < -0.3 is 19.7 Å². The van der Waals surface area contributed by atoms with Crippen LogP contribution in [0.3, 0.4) is 0 Å².